The zero-order valence-electron chi connectivity index (χ0n) is 14.8. The summed E-state index contributed by atoms with van der Waals surface area (Å²) < 4.78 is 6.04. The lowest BCUT2D eigenvalue weighted by Crippen LogP contribution is -2.34. The molecular formula is C20H38O. The van der Waals surface area contributed by atoms with Crippen LogP contribution in [0.3, 0.4) is 0 Å². The summed E-state index contributed by atoms with van der Waals surface area (Å²) in [5.41, 5.74) is 0. The Kier molecular flexibility index (Phi) is 7.57. The van der Waals surface area contributed by atoms with Crippen LogP contribution in [0.5, 0.6) is 0 Å². The Bertz CT molecular complexity index is 267. The SMILES string of the molecule is CCCC[C@H]1CC[C@H](C2CCC(OCCC)C(C)C2)CC1. The van der Waals surface area contributed by atoms with Gasteiger partial charge in [0.15, 0.2) is 0 Å². The largest absolute Gasteiger partial charge is 0.378 e. The zero-order chi connectivity index (χ0) is 15.1. The van der Waals surface area contributed by atoms with Crippen LogP contribution in [0.1, 0.15) is 91.4 Å². The molecule has 1 heteroatoms. The predicted octanol–water partition coefficient (Wildman–Crippen LogP) is 6.21. The van der Waals surface area contributed by atoms with E-state index in [1.165, 1.54) is 64.2 Å². The molecule has 2 aliphatic carbocycles. The highest BCUT2D eigenvalue weighted by atomic mass is 16.5. The quantitative estimate of drug-likeness (QED) is 0.542. The first-order valence-electron chi connectivity index (χ1n) is 9.86. The third-order valence-electron chi connectivity index (χ3n) is 6.19. The maximum atomic E-state index is 6.04. The van der Waals surface area contributed by atoms with E-state index in [1.807, 2.05) is 0 Å². The van der Waals surface area contributed by atoms with Gasteiger partial charge in [0.25, 0.3) is 0 Å². The Labute approximate surface area is 133 Å². The minimum absolute atomic E-state index is 0.557. The lowest BCUT2D eigenvalue weighted by molar-refractivity contribution is -0.0274. The van der Waals surface area contributed by atoms with Gasteiger partial charge < -0.3 is 4.74 Å². The molecule has 0 aromatic carbocycles. The summed E-state index contributed by atoms with van der Waals surface area (Å²) in [7, 11) is 0. The van der Waals surface area contributed by atoms with Crippen LogP contribution in [0, 0.1) is 23.7 Å². The molecule has 0 amide bonds. The molecule has 1 nitrogen and oxygen atoms in total. The molecule has 2 aliphatic rings. The fourth-order valence-corrected chi connectivity index (χ4v) is 4.80. The Morgan fingerprint density at radius 1 is 0.857 bits per heavy atom. The molecule has 0 aliphatic heterocycles. The number of ether oxygens (including phenoxy) is 1. The lowest BCUT2D eigenvalue weighted by atomic mass is 9.68. The molecule has 3 atom stereocenters. The normalized spacial score (nSPS) is 37.6. The number of hydrogen-bond donors (Lipinski definition) is 0. The van der Waals surface area contributed by atoms with Crippen LogP contribution >= 0.6 is 0 Å². The number of hydrogen-bond acceptors (Lipinski definition) is 1. The number of unbranched alkanes of at least 4 members (excludes halogenated alkanes) is 1. The zero-order valence-corrected chi connectivity index (χ0v) is 14.8. The molecule has 2 fully saturated rings. The van der Waals surface area contributed by atoms with Gasteiger partial charge in [-0.1, -0.05) is 52.9 Å². The van der Waals surface area contributed by atoms with Crippen LogP contribution in [0.15, 0.2) is 0 Å². The van der Waals surface area contributed by atoms with Crippen LogP contribution in [0.2, 0.25) is 0 Å². The van der Waals surface area contributed by atoms with Crippen molar-refractivity contribution in [1.29, 1.82) is 0 Å². The van der Waals surface area contributed by atoms with E-state index < -0.39 is 0 Å². The van der Waals surface area contributed by atoms with Crippen molar-refractivity contribution >= 4 is 0 Å². The monoisotopic (exact) mass is 294 g/mol. The lowest BCUT2D eigenvalue weighted by Gasteiger charge is -2.40. The highest BCUT2D eigenvalue weighted by Crippen LogP contribution is 2.43. The van der Waals surface area contributed by atoms with E-state index in [0.717, 1.165) is 36.7 Å². The van der Waals surface area contributed by atoms with Crippen LogP contribution < -0.4 is 0 Å². The van der Waals surface area contributed by atoms with Crippen molar-refractivity contribution in [2.45, 2.75) is 97.5 Å². The van der Waals surface area contributed by atoms with Gasteiger partial charge in [0.1, 0.15) is 0 Å². The average molecular weight is 295 g/mol. The second-order valence-corrected chi connectivity index (χ2v) is 7.88. The van der Waals surface area contributed by atoms with E-state index in [-0.39, 0.29) is 0 Å². The first-order valence-corrected chi connectivity index (χ1v) is 9.86. The van der Waals surface area contributed by atoms with Crippen molar-refractivity contribution in [3.63, 3.8) is 0 Å². The molecule has 0 saturated heterocycles. The summed E-state index contributed by atoms with van der Waals surface area (Å²) in [6.07, 6.45) is 16.3. The van der Waals surface area contributed by atoms with E-state index in [9.17, 15) is 0 Å². The maximum absolute atomic E-state index is 6.04. The summed E-state index contributed by atoms with van der Waals surface area (Å²) in [5.74, 6) is 3.89. The first kappa shape index (κ1) is 17.3. The van der Waals surface area contributed by atoms with Gasteiger partial charge in [-0.05, 0) is 62.2 Å². The molecule has 2 saturated carbocycles. The van der Waals surface area contributed by atoms with Crippen LogP contribution in [0.25, 0.3) is 0 Å². The highest BCUT2D eigenvalue weighted by molar-refractivity contribution is 4.85. The third kappa shape index (κ3) is 5.27. The minimum atomic E-state index is 0.557. The molecule has 124 valence electrons. The summed E-state index contributed by atoms with van der Waals surface area (Å²) in [5, 5.41) is 0. The molecule has 0 radical (unpaired) electrons. The predicted molar refractivity (Wildman–Crippen MR) is 91.5 cm³/mol. The Morgan fingerprint density at radius 2 is 1.57 bits per heavy atom. The minimum Gasteiger partial charge on any atom is -0.378 e. The molecule has 0 aromatic heterocycles. The van der Waals surface area contributed by atoms with Crippen molar-refractivity contribution in [3.05, 3.63) is 0 Å². The van der Waals surface area contributed by atoms with E-state index in [4.69, 9.17) is 4.74 Å². The van der Waals surface area contributed by atoms with Crippen LogP contribution in [-0.4, -0.2) is 12.7 Å². The summed E-state index contributed by atoms with van der Waals surface area (Å²) >= 11 is 0. The van der Waals surface area contributed by atoms with E-state index in [1.54, 1.807) is 0 Å². The van der Waals surface area contributed by atoms with Gasteiger partial charge in [-0.3, -0.25) is 0 Å². The standard InChI is InChI=1S/C20H38O/c1-4-6-7-17-8-10-18(11-9-17)19-12-13-20(16(3)15-19)21-14-5-2/h16-20H,4-15H2,1-3H3/t16?,17-,18-,19?,20?. The van der Waals surface area contributed by atoms with Gasteiger partial charge in [0.05, 0.1) is 6.10 Å². The van der Waals surface area contributed by atoms with Gasteiger partial charge in [0.2, 0.25) is 0 Å². The van der Waals surface area contributed by atoms with Crippen molar-refractivity contribution in [1.82, 2.24) is 0 Å². The fraction of sp³-hybridized carbons (Fsp3) is 1.00. The Morgan fingerprint density at radius 3 is 2.19 bits per heavy atom. The van der Waals surface area contributed by atoms with E-state index in [0.29, 0.717) is 6.10 Å². The molecule has 3 unspecified atom stereocenters. The van der Waals surface area contributed by atoms with Gasteiger partial charge in [-0.25, -0.2) is 0 Å². The van der Waals surface area contributed by atoms with E-state index in [2.05, 4.69) is 20.8 Å². The highest BCUT2D eigenvalue weighted by Gasteiger charge is 2.34. The molecule has 0 heterocycles. The van der Waals surface area contributed by atoms with Crippen molar-refractivity contribution in [2.24, 2.45) is 23.7 Å². The average Bonchev–Trinajstić information content (AvgIpc) is 2.52. The smallest absolute Gasteiger partial charge is 0.0600 e. The molecule has 0 bridgehead atoms. The Hall–Kier alpha value is -0.0400. The summed E-state index contributed by atoms with van der Waals surface area (Å²) in [4.78, 5) is 0. The number of rotatable bonds is 7. The summed E-state index contributed by atoms with van der Waals surface area (Å²) in [6, 6.07) is 0. The van der Waals surface area contributed by atoms with Crippen molar-refractivity contribution in [2.75, 3.05) is 6.61 Å². The molecule has 2 rings (SSSR count). The molecule has 0 aromatic rings. The molecule has 0 N–H and O–H groups in total. The molecule has 21 heavy (non-hydrogen) atoms. The summed E-state index contributed by atoms with van der Waals surface area (Å²) in [6.45, 7) is 7.93. The van der Waals surface area contributed by atoms with Crippen molar-refractivity contribution in [3.8, 4) is 0 Å². The van der Waals surface area contributed by atoms with E-state index >= 15 is 0 Å². The Balaban J connectivity index is 1.70. The topological polar surface area (TPSA) is 9.23 Å². The van der Waals surface area contributed by atoms with Crippen LogP contribution in [0.4, 0.5) is 0 Å². The van der Waals surface area contributed by atoms with Gasteiger partial charge in [0, 0.05) is 6.61 Å². The van der Waals surface area contributed by atoms with Gasteiger partial charge >= 0.3 is 0 Å². The molecule has 0 spiro atoms. The van der Waals surface area contributed by atoms with Crippen molar-refractivity contribution < 1.29 is 4.74 Å². The molecular weight excluding hydrogens is 256 g/mol. The van der Waals surface area contributed by atoms with Gasteiger partial charge in [-0.15, -0.1) is 0 Å². The van der Waals surface area contributed by atoms with Gasteiger partial charge in [-0.2, -0.15) is 0 Å². The fourth-order valence-electron chi connectivity index (χ4n) is 4.80. The maximum Gasteiger partial charge on any atom is 0.0600 e. The first-order chi connectivity index (χ1) is 10.2. The van der Waals surface area contributed by atoms with Crippen LogP contribution in [-0.2, 0) is 4.74 Å². The second-order valence-electron chi connectivity index (χ2n) is 7.88. The third-order valence-corrected chi connectivity index (χ3v) is 6.19. The second kappa shape index (κ2) is 9.18.